The molecule has 166 valence electrons. The molecule has 0 saturated heterocycles. The van der Waals surface area contributed by atoms with Crippen LogP contribution in [0.4, 0.5) is 10.5 Å². The maximum atomic E-state index is 12.3. The summed E-state index contributed by atoms with van der Waals surface area (Å²) in [5.41, 5.74) is 2.29. The number of aromatic nitrogens is 1. The van der Waals surface area contributed by atoms with Crippen molar-refractivity contribution < 1.29 is 23.4 Å². The molecular weight excluding hydrogens is 410 g/mol. The van der Waals surface area contributed by atoms with Gasteiger partial charge in [-0.3, -0.25) is 0 Å². The fourth-order valence-electron chi connectivity index (χ4n) is 4.06. The number of urea groups is 1. The molecule has 1 aliphatic carbocycles. The standard InChI is InChI=1S/C24H25N3O5/c1-29-19-7-4-16(5-8-19)22-26-18(15-30-22)10-13-25-23(28)27-17-6-9-20-21(14-17)32-24(31-20)11-2-3-12-24/h4-9,14-15H,2-3,10-13H2,1H3,(H2,25,27,28). The predicted molar refractivity (Wildman–Crippen MR) is 118 cm³/mol. The van der Waals surface area contributed by atoms with Crippen LogP contribution in [0.25, 0.3) is 11.5 Å². The second-order valence-corrected chi connectivity index (χ2v) is 7.99. The Hall–Kier alpha value is -3.68. The number of hydrogen-bond donors (Lipinski definition) is 2. The zero-order valence-electron chi connectivity index (χ0n) is 17.8. The molecule has 32 heavy (non-hydrogen) atoms. The Kier molecular flexibility index (Phi) is 5.34. The van der Waals surface area contributed by atoms with Gasteiger partial charge in [0.2, 0.25) is 5.89 Å². The van der Waals surface area contributed by atoms with Gasteiger partial charge in [-0.25, -0.2) is 9.78 Å². The van der Waals surface area contributed by atoms with Crippen molar-refractivity contribution in [3.63, 3.8) is 0 Å². The van der Waals surface area contributed by atoms with Crippen LogP contribution < -0.4 is 24.8 Å². The maximum Gasteiger partial charge on any atom is 0.319 e. The fraction of sp³-hybridized carbons (Fsp3) is 0.333. The molecule has 2 aliphatic rings. The van der Waals surface area contributed by atoms with Crippen molar-refractivity contribution in [1.82, 2.24) is 10.3 Å². The van der Waals surface area contributed by atoms with Gasteiger partial charge >= 0.3 is 6.03 Å². The highest BCUT2D eigenvalue weighted by atomic mass is 16.7. The van der Waals surface area contributed by atoms with Crippen molar-refractivity contribution in [2.75, 3.05) is 19.0 Å². The predicted octanol–water partition coefficient (Wildman–Crippen LogP) is 4.76. The molecule has 0 unspecified atom stereocenters. The van der Waals surface area contributed by atoms with Crippen molar-refractivity contribution in [2.45, 2.75) is 37.9 Å². The van der Waals surface area contributed by atoms with Crippen LogP contribution in [0.15, 0.2) is 53.1 Å². The van der Waals surface area contributed by atoms with E-state index in [9.17, 15) is 4.79 Å². The molecule has 0 atom stereocenters. The number of nitrogens with one attached hydrogen (secondary N) is 2. The molecule has 8 heteroatoms. The van der Waals surface area contributed by atoms with Crippen LogP contribution in [0, 0.1) is 0 Å². The maximum absolute atomic E-state index is 12.3. The summed E-state index contributed by atoms with van der Waals surface area (Å²) in [7, 11) is 1.62. The lowest BCUT2D eigenvalue weighted by molar-refractivity contribution is -0.0716. The smallest absolute Gasteiger partial charge is 0.319 e. The molecule has 5 rings (SSSR count). The normalized spacial score (nSPS) is 15.7. The van der Waals surface area contributed by atoms with Gasteiger partial charge in [-0.05, 0) is 49.2 Å². The third-order valence-electron chi connectivity index (χ3n) is 5.71. The quantitative estimate of drug-likeness (QED) is 0.580. The Labute approximate surface area is 185 Å². The first-order valence-electron chi connectivity index (χ1n) is 10.8. The lowest BCUT2D eigenvalue weighted by atomic mass is 10.2. The molecule has 2 heterocycles. The van der Waals surface area contributed by atoms with Gasteiger partial charge in [0, 0.05) is 43.1 Å². The molecule has 1 fully saturated rings. The van der Waals surface area contributed by atoms with Crippen molar-refractivity contribution >= 4 is 11.7 Å². The van der Waals surface area contributed by atoms with Gasteiger partial charge in [-0.2, -0.15) is 0 Å². The Balaban J connectivity index is 1.11. The summed E-state index contributed by atoms with van der Waals surface area (Å²) in [5, 5.41) is 5.68. The summed E-state index contributed by atoms with van der Waals surface area (Å²) >= 11 is 0. The number of carbonyl (C=O) groups excluding carboxylic acids is 1. The minimum Gasteiger partial charge on any atom is -0.497 e. The first-order chi connectivity index (χ1) is 15.6. The largest absolute Gasteiger partial charge is 0.497 e. The Morgan fingerprint density at radius 1 is 1.09 bits per heavy atom. The molecular formula is C24H25N3O5. The number of methoxy groups -OCH3 is 1. The topological polar surface area (TPSA) is 94.9 Å². The lowest BCUT2D eigenvalue weighted by Gasteiger charge is -2.21. The number of benzene rings is 2. The number of fused-ring (bicyclic) bond motifs is 1. The number of hydrogen-bond acceptors (Lipinski definition) is 6. The van der Waals surface area contributed by atoms with Crippen LogP contribution in [0.3, 0.4) is 0 Å². The van der Waals surface area contributed by atoms with E-state index in [2.05, 4.69) is 15.6 Å². The number of oxazole rings is 1. The Morgan fingerprint density at radius 2 is 1.88 bits per heavy atom. The van der Waals surface area contributed by atoms with Crippen molar-refractivity contribution in [3.05, 3.63) is 54.4 Å². The number of nitrogens with zero attached hydrogens (tertiary/aromatic N) is 1. The van der Waals surface area contributed by atoms with Crippen LogP contribution in [0.5, 0.6) is 17.2 Å². The molecule has 1 aromatic heterocycles. The molecule has 0 radical (unpaired) electrons. The first kappa shape index (κ1) is 20.2. The van der Waals surface area contributed by atoms with Crippen molar-refractivity contribution in [3.8, 4) is 28.7 Å². The fourth-order valence-corrected chi connectivity index (χ4v) is 4.06. The second kappa shape index (κ2) is 8.45. The number of carbonyl (C=O) groups is 1. The van der Waals surface area contributed by atoms with E-state index in [4.69, 9.17) is 18.6 Å². The van der Waals surface area contributed by atoms with E-state index in [1.54, 1.807) is 19.4 Å². The SMILES string of the molecule is COc1ccc(-c2nc(CCNC(=O)Nc3ccc4c(c3)OC3(CCCC3)O4)co2)cc1. The molecule has 3 aromatic rings. The summed E-state index contributed by atoms with van der Waals surface area (Å²) in [5.74, 6) is 2.21. The second-order valence-electron chi connectivity index (χ2n) is 7.99. The van der Waals surface area contributed by atoms with Crippen molar-refractivity contribution in [1.29, 1.82) is 0 Å². The van der Waals surface area contributed by atoms with E-state index in [0.717, 1.165) is 48.4 Å². The highest BCUT2D eigenvalue weighted by Gasteiger charge is 2.44. The number of anilines is 1. The minimum atomic E-state index is -0.508. The van der Waals surface area contributed by atoms with E-state index >= 15 is 0 Å². The van der Waals surface area contributed by atoms with Crippen LogP contribution in [-0.4, -0.2) is 30.5 Å². The van der Waals surface area contributed by atoms with Crippen LogP contribution in [0.1, 0.15) is 31.4 Å². The zero-order chi connectivity index (χ0) is 22.0. The molecule has 2 N–H and O–H groups in total. The molecule has 1 aliphatic heterocycles. The van der Waals surface area contributed by atoms with E-state index in [1.807, 2.05) is 36.4 Å². The molecule has 0 bridgehead atoms. The van der Waals surface area contributed by atoms with Crippen LogP contribution in [0.2, 0.25) is 0 Å². The van der Waals surface area contributed by atoms with Gasteiger partial charge in [-0.15, -0.1) is 0 Å². The van der Waals surface area contributed by atoms with Gasteiger partial charge in [0.05, 0.1) is 12.8 Å². The highest BCUT2D eigenvalue weighted by Crippen LogP contribution is 2.47. The summed E-state index contributed by atoms with van der Waals surface area (Å²) in [6, 6.07) is 12.7. The highest BCUT2D eigenvalue weighted by molar-refractivity contribution is 5.89. The molecule has 1 spiro atoms. The minimum absolute atomic E-state index is 0.293. The van der Waals surface area contributed by atoms with E-state index < -0.39 is 5.79 Å². The van der Waals surface area contributed by atoms with Gasteiger partial charge in [0.15, 0.2) is 11.5 Å². The van der Waals surface area contributed by atoms with Gasteiger partial charge < -0.3 is 29.3 Å². The monoisotopic (exact) mass is 435 g/mol. The first-order valence-corrected chi connectivity index (χ1v) is 10.8. The number of ether oxygens (including phenoxy) is 3. The number of amides is 2. The van der Waals surface area contributed by atoms with Crippen LogP contribution >= 0.6 is 0 Å². The zero-order valence-corrected chi connectivity index (χ0v) is 17.8. The average molecular weight is 435 g/mol. The third kappa shape index (κ3) is 4.21. The molecule has 8 nitrogen and oxygen atoms in total. The van der Waals surface area contributed by atoms with Crippen LogP contribution in [-0.2, 0) is 6.42 Å². The molecule has 1 saturated carbocycles. The average Bonchev–Trinajstić information content (AvgIpc) is 3.54. The third-order valence-corrected chi connectivity index (χ3v) is 5.71. The van der Waals surface area contributed by atoms with E-state index in [1.165, 1.54) is 0 Å². The summed E-state index contributed by atoms with van der Waals surface area (Å²) in [6.07, 6.45) is 6.16. The van der Waals surface area contributed by atoms with Crippen molar-refractivity contribution in [2.24, 2.45) is 0 Å². The van der Waals surface area contributed by atoms with E-state index in [0.29, 0.717) is 30.3 Å². The van der Waals surface area contributed by atoms with Gasteiger partial charge in [0.1, 0.15) is 12.0 Å². The molecule has 2 aromatic carbocycles. The lowest BCUT2D eigenvalue weighted by Crippen LogP contribution is -2.34. The Bertz CT molecular complexity index is 1100. The molecule has 2 amide bonds. The van der Waals surface area contributed by atoms with Gasteiger partial charge in [0.25, 0.3) is 5.79 Å². The number of rotatable bonds is 6. The summed E-state index contributed by atoms with van der Waals surface area (Å²) < 4.78 is 22.8. The van der Waals surface area contributed by atoms with E-state index in [-0.39, 0.29) is 6.03 Å². The van der Waals surface area contributed by atoms with Gasteiger partial charge in [-0.1, -0.05) is 0 Å². The Morgan fingerprint density at radius 3 is 2.66 bits per heavy atom. The summed E-state index contributed by atoms with van der Waals surface area (Å²) in [4.78, 5) is 16.8. The summed E-state index contributed by atoms with van der Waals surface area (Å²) in [6.45, 7) is 0.425.